The van der Waals surface area contributed by atoms with Crippen LogP contribution in [-0.4, -0.2) is 48.1 Å². The number of rotatable bonds is 2. The Morgan fingerprint density at radius 1 is 1.40 bits per heavy atom. The van der Waals surface area contributed by atoms with Gasteiger partial charge in [-0.2, -0.15) is 11.8 Å². The SMILES string of the molecule is CC1CCN(CC2CSCCN2)C(C)C1. The van der Waals surface area contributed by atoms with E-state index in [-0.39, 0.29) is 0 Å². The third kappa shape index (κ3) is 3.36. The molecular formula is C12H24N2S. The summed E-state index contributed by atoms with van der Waals surface area (Å²) in [5.74, 6) is 3.53. The highest BCUT2D eigenvalue weighted by atomic mass is 32.2. The Morgan fingerprint density at radius 3 is 2.93 bits per heavy atom. The fraction of sp³-hybridized carbons (Fsp3) is 1.00. The van der Waals surface area contributed by atoms with Crippen LogP contribution >= 0.6 is 11.8 Å². The standard InChI is InChI=1S/C12H24N2S/c1-10-3-5-14(11(2)7-10)8-12-9-15-6-4-13-12/h10-13H,3-9H2,1-2H3. The van der Waals surface area contributed by atoms with E-state index in [1.165, 1.54) is 44.0 Å². The van der Waals surface area contributed by atoms with E-state index in [1.807, 2.05) is 0 Å². The van der Waals surface area contributed by atoms with Gasteiger partial charge in [0.25, 0.3) is 0 Å². The molecule has 2 aliphatic rings. The van der Waals surface area contributed by atoms with Crippen molar-refractivity contribution in [2.45, 2.75) is 38.8 Å². The van der Waals surface area contributed by atoms with Crippen LogP contribution in [0.3, 0.4) is 0 Å². The molecule has 0 aliphatic carbocycles. The van der Waals surface area contributed by atoms with Gasteiger partial charge in [0.2, 0.25) is 0 Å². The maximum absolute atomic E-state index is 3.64. The van der Waals surface area contributed by atoms with Crippen molar-refractivity contribution < 1.29 is 0 Å². The second kappa shape index (κ2) is 5.55. The molecule has 88 valence electrons. The monoisotopic (exact) mass is 228 g/mol. The summed E-state index contributed by atoms with van der Waals surface area (Å²) in [7, 11) is 0. The van der Waals surface area contributed by atoms with E-state index in [0.717, 1.165) is 18.0 Å². The molecule has 2 aliphatic heterocycles. The summed E-state index contributed by atoms with van der Waals surface area (Å²) in [4.78, 5) is 2.68. The van der Waals surface area contributed by atoms with Crippen LogP contribution in [0, 0.1) is 5.92 Å². The fourth-order valence-corrected chi connectivity index (χ4v) is 3.68. The Bertz CT molecular complexity index is 192. The number of piperidine rings is 1. The van der Waals surface area contributed by atoms with E-state index < -0.39 is 0 Å². The second-order valence-electron chi connectivity index (χ2n) is 5.20. The van der Waals surface area contributed by atoms with Crippen molar-refractivity contribution in [2.24, 2.45) is 5.92 Å². The number of thioether (sulfide) groups is 1. The van der Waals surface area contributed by atoms with Crippen LogP contribution in [0.5, 0.6) is 0 Å². The normalized spacial score (nSPS) is 39.2. The number of nitrogens with one attached hydrogen (secondary N) is 1. The molecular weight excluding hydrogens is 204 g/mol. The van der Waals surface area contributed by atoms with Crippen LogP contribution in [-0.2, 0) is 0 Å². The summed E-state index contributed by atoms with van der Waals surface area (Å²) >= 11 is 2.10. The van der Waals surface area contributed by atoms with Gasteiger partial charge in [-0.15, -0.1) is 0 Å². The predicted molar refractivity (Wildman–Crippen MR) is 68.5 cm³/mol. The zero-order valence-corrected chi connectivity index (χ0v) is 10.9. The molecule has 3 atom stereocenters. The summed E-state index contributed by atoms with van der Waals surface area (Å²) in [6, 6.07) is 1.53. The van der Waals surface area contributed by atoms with Crippen molar-refractivity contribution in [1.82, 2.24) is 10.2 Å². The lowest BCUT2D eigenvalue weighted by Crippen LogP contribution is -2.50. The van der Waals surface area contributed by atoms with Crippen LogP contribution in [0.4, 0.5) is 0 Å². The lowest BCUT2D eigenvalue weighted by molar-refractivity contribution is 0.119. The third-order valence-electron chi connectivity index (χ3n) is 3.73. The maximum Gasteiger partial charge on any atom is 0.0286 e. The number of likely N-dealkylation sites (tertiary alicyclic amines) is 1. The van der Waals surface area contributed by atoms with Gasteiger partial charge in [-0.3, -0.25) is 4.90 Å². The summed E-state index contributed by atoms with van der Waals surface area (Å²) in [5.41, 5.74) is 0. The lowest BCUT2D eigenvalue weighted by Gasteiger charge is -2.39. The minimum absolute atomic E-state index is 0.736. The molecule has 3 unspecified atom stereocenters. The fourth-order valence-electron chi connectivity index (χ4n) is 2.75. The molecule has 0 aromatic heterocycles. The minimum atomic E-state index is 0.736. The van der Waals surface area contributed by atoms with Crippen LogP contribution in [0.2, 0.25) is 0 Å². The minimum Gasteiger partial charge on any atom is -0.311 e. The van der Waals surface area contributed by atoms with Gasteiger partial charge in [-0.05, 0) is 32.2 Å². The van der Waals surface area contributed by atoms with Crippen molar-refractivity contribution in [3.8, 4) is 0 Å². The highest BCUT2D eigenvalue weighted by Gasteiger charge is 2.25. The summed E-state index contributed by atoms with van der Waals surface area (Å²) in [6.07, 6.45) is 2.78. The number of nitrogens with zero attached hydrogens (tertiary/aromatic N) is 1. The molecule has 0 aromatic rings. The third-order valence-corrected chi connectivity index (χ3v) is 4.86. The topological polar surface area (TPSA) is 15.3 Å². The van der Waals surface area contributed by atoms with E-state index in [1.54, 1.807) is 0 Å². The Balaban J connectivity index is 1.77. The van der Waals surface area contributed by atoms with Crippen molar-refractivity contribution in [3.63, 3.8) is 0 Å². The first-order chi connectivity index (χ1) is 7.25. The first kappa shape index (κ1) is 11.7. The molecule has 0 aromatic carbocycles. The smallest absolute Gasteiger partial charge is 0.0286 e. The van der Waals surface area contributed by atoms with E-state index in [9.17, 15) is 0 Å². The summed E-state index contributed by atoms with van der Waals surface area (Å²) in [5, 5.41) is 3.64. The predicted octanol–water partition coefficient (Wildman–Crippen LogP) is 1.81. The molecule has 2 saturated heterocycles. The van der Waals surface area contributed by atoms with Gasteiger partial charge in [-0.1, -0.05) is 6.92 Å². The van der Waals surface area contributed by atoms with Crippen molar-refractivity contribution in [1.29, 1.82) is 0 Å². The van der Waals surface area contributed by atoms with Crippen LogP contribution in [0.1, 0.15) is 26.7 Å². The van der Waals surface area contributed by atoms with Crippen LogP contribution < -0.4 is 5.32 Å². The zero-order valence-electron chi connectivity index (χ0n) is 10.0. The highest BCUT2D eigenvalue weighted by molar-refractivity contribution is 7.99. The number of hydrogen-bond donors (Lipinski definition) is 1. The van der Waals surface area contributed by atoms with Gasteiger partial charge in [0.1, 0.15) is 0 Å². The molecule has 15 heavy (non-hydrogen) atoms. The highest BCUT2D eigenvalue weighted by Crippen LogP contribution is 2.22. The van der Waals surface area contributed by atoms with Crippen LogP contribution in [0.15, 0.2) is 0 Å². The van der Waals surface area contributed by atoms with E-state index in [4.69, 9.17) is 0 Å². The maximum atomic E-state index is 3.64. The van der Waals surface area contributed by atoms with Gasteiger partial charge in [0.05, 0.1) is 0 Å². The summed E-state index contributed by atoms with van der Waals surface area (Å²) in [6.45, 7) is 8.56. The Hall–Kier alpha value is 0.270. The lowest BCUT2D eigenvalue weighted by atomic mass is 9.93. The average molecular weight is 228 g/mol. The molecule has 3 heteroatoms. The van der Waals surface area contributed by atoms with Gasteiger partial charge >= 0.3 is 0 Å². The Morgan fingerprint density at radius 2 is 2.27 bits per heavy atom. The van der Waals surface area contributed by atoms with E-state index in [0.29, 0.717) is 0 Å². The quantitative estimate of drug-likeness (QED) is 0.776. The molecule has 2 nitrogen and oxygen atoms in total. The van der Waals surface area contributed by atoms with Crippen molar-refractivity contribution in [3.05, 3.63) is 0 Å². The van der Waals surface area contributed by atoms with Gasteiger partial charge in [0, 0.05) is 36.7 Å². The van der Waals surface area contributed by atoms with Gasteiger partial charge < -0.3 is 5.32 Å². The van der Waals surface area contributed by atoms with E-state index >= 15 is 0 Å². The first-order valence-electron chi connectivity index (χ1n) is 6.31. The Kier molecular flexibility index (Phi) is 4.35. The zero-order chi connectivity index (χ0) is 10.7. The molecule has 0 radical (unpaired) electrons. The molecule has 2 fully saturated rings. The second-order valence-corrected chi connectivity index (χ2v) is 6.35. The van der Waals surface area contributed by atoms with Gasteiger partial charge in [-0.25, -0.2) is 0 Å². The van der Waals surface area contributed by atoms with Crippen LogP contribution in [0.25, 0.3) is 0 Å². The van der Waals surface area contributed by atoms with Crippen molar-refractivity contribution >= 4 is 11.8 Å². The largest absolute Gasteiger partial charge is 0.311 e. The summed E-state index contributed by atoms with van der Waals surface area (Å²) < 4.78 is 0. The Labute approximate surface area is 98.2 Å². The molecule has 0 spiro atoms. The average Bonchev–Trinajstić information content (AvgIpc) is 2.24. The molecule has 2 heterocycles. The molecule has 2 rings (SSSR count). The molecule has 1 N–H and O–H groups in total. The molecule has 0 amide bonds. The number of hydrogen-bond acceptors (Lipinski definition) is 3. The van der Waals surface area contributed by atoms with Gasteiger partial charge in [0.15, 0.2) is 0 Å². The molecule has 0 saturated carbocycles. The molecule has 0 bridgehead atoms. The first-order valence-corrected chi connectivity index (χ1v) is 7.46. The van der Waals surface area contributed by atoms with E-state index in [2.05, 4.69) is 35.8 Å². The van der Waals surface area contributed by atoms with Crippen molar-refractivity contribution in [2.75, 3.05) is 31.1 Å².